The Bertz CT molecular complexity index is 437. The average molecular weight is 292 g/mol. The first-order chi connectivity index (χ1) is 10.1. The molecule has 1 aromatic carbocycles. The standard InChI is InChI=1S/C17H28N2O2/c1-4-16(18)15-7-5-6-8-17(15)21-12-14-11-19(13(2)3)9-10-20-14/h5-8,13-14,16H,4,9-12,18H2,1-3H3/t14?,16-/m1/s1. The lowest BCUT2D eigenvalue weighted by Gasteiger charge is -2.35. The van der Waals surface area contributed by atoms with Gasteiger partial charge in [-0.15, -0.1) is 0 Å². The predicted molar refractivity (Wildman–Crippen MR) is 85.6 cm³/mol. The molecule has 1 unspecified atom stereocenters. The zero-order valence-electron chi connectivity index (χ0n) is 13.4. The Labute approximate surface area is 128 Å². The highest BCUT2D eigenvalue weighted by Gasteiger charge is 2.23. The summed E-state index contributed by atoms with van der Waals surface area (Å²) >= 11 is 0. The molecule has 4 heteroatoms. The summed E-state index contributed by atoms with van der Waals surface area (Å²) in [6.07, 6.45) is 1.04. The molecule has 1 aromatic rings. The summed E-state index contributed by atoms with van der Waals surface area (Å²) in [5.74, 6) is 0.886. The van der Waals surface area contributed by atoms with Gasteiger partial charge in [-0.25, -0.2) is 0 Å². The molecule has 1 aliphatic heterocycles. The van der Waals surface area contributed by atoms with Crippen molar-refractivity contribution in [2.24, 2.45) is 5.73 Å². The van der Waals surface area contributed by atoms with Crippen LogP contribution in [0.3, 0.4) is 0 Å². The molecular weight excluding hydrogens is 264 g/mol. The molecule has 2 N–H and O–H groups in total. The maximum absolute atomic E-state index is 6.15. The molecule has 0 bridgehead atoms. The number of ether oxygens (including phenoxy) is 2. The number of hydrogen-bond donors (Lipinski definition) is 1. The van der Waals surface area contributed by atoms with Crippen LogP contribution >= 0.6 is 0 Å². The van der Waals surface area contributed by atoms with Gasteiger partial charge in [-0.2, -0.15) is 0 Å². The van der Waals surface area contributed by atoms with Crippen LogP contribution in [0.2, 0.25) is 0 Å². The van der Waals surface area contributed by atoms with Gasteiger partial charge in [0.05, 0.1) is 6.61 Å². The molecule has 2 atom stereocenters. The summed E-state index contributed by atoms with van der Waals surface area (Å²) in [6, 6.07) is 8.62. The van der Waals surface area contributed by atoms with Crippen molar-refractivity contribution in [3.8, 4) is 5.75 Å². The molecule has 0 aromatic heterocycles. The van der Waals surface area contributed by atoms with Crippen molar-refractivity contribution >= 4 is 0 Å². The fraction of sp³-hybridized carbons (Fsp3) is 0.647. The van der Waals surface area contributed by atoms with Gasteiger partial charge >= 0.3 is 0 Å². The summed E-state index contributed by atoms with van der Waals surface area (Å²) in [5, 5.41) is 0. The normalized spacial score (nSPS) is 21.5. The molecule has 4 nitrogen and oxygen atoms in total. The molecule has 0 amide bonds. The second-order valence-electron chi connectivity index (χ2n) is 5.95. The first-order valence-electron chi connectivity index (χ1n) is 7.94. The predicted octanol–water partition coefficient (Wildman–Crippen LogP) is 2.58. The van der Waals surface area contributed by atoms with Crippen molar-refractivity contribution in [3.63, 3.8) is 0 Å². The van der Waals surface area contributed by atoms with Gasteiger partial charge in [0.15, 0.2) is 0 Å². The Kier molecular flexibility index (Phi) is 6.03. The third kappa shape index (κ3) is 4.43. The number of hydrogen-bond acceptors (Lipinski definition) is 4. The summed E-state index contributed by atoms with van der Waals surface area (Å²) < 4.78 is 11.8. The minimum atomic E-state index is 0.0284. The summed E-state index contributed by atoms with van der Waals surface area (Å²) in [7, 11) is 0. The number of para-hydroxylation sites is 1. The molecule has 0 saturated carbocycles. The van der Waals surface area contributed by atoms with Crippen LogP contribution in [0.1, 0.15) is 38.8 Å². The Morgan fingerprint density at radius 1 is 1.38 bits per heavy atom. The van der Waals surface area contributed by atoms with Crippen molar-refractivity contribution in [2.45, 2.75) is 45.4 Å². The van der Waals surface area contributed by atoms with Crippen LogP contribution in [0.25, 0.3) is 0 Å². The number of morpholine rings is 1. The first kappa shape index (κ1) is 16.3. The summed E-state index contributed by atoms with van der Waals surface area (Å²) in [6.45, 7) is 9.83. The number of nitrogens with zero attached hydrogens (tertiary/aromatic N) is 1. The molecule has 21 heavy (non-hydrogen) atoms. The third-order valence-corrected chi connectivity index (χ3v) is 4.08. The van der Waals surface area contributed by atoms with Crippen molar-refractivity contribution in [2.75, 3.05) is 26.3 Å². The van der Waals surface area contributed by atoms with Gasteiger partial charge in [0.2, 0.25) is 0 Å². The van der Waals surface area contributed by atoms with E-state index in [1.165, 1.54) is 0 Å². The Morgan fingerprint density at radius 3 is 2.86 bits per heavy atom. The van der Waals surface area contributed by atoms with Gasteiger partial charge in [0, 0.05) is 30.7 Å². The van der Waals surface area contributed by atoms with E-state index in [1.807, 2.05) is 24.3 Å². The van der Waals surface area contributed by atoms with Crippen molar-refractivity contribution in [3.05, 3.63) is 29.8 Å². The molecule has 1 saturated heterocycles. The summed E-state index contributed by atoms with van der Waals surface area (Å²) in [5.41, 5.74) is 7.23. The Balaban J connectivity index is 1.94. The minimum Gasteiger partial charge on any atom is -0.490 e. The molecule has 1 heterocycles. The molecule has 0 radical (unpaired) electrons. The van der Waals surface area contributed by atoms with E-state index in [-0.39, 0.29) is 12.1 Å². The molecular formula is C17H28N2O2. The topological polar surface area (TPSA) is 47.7 Å². The maximum Gasteiger partial charge on any atom is 0.124 e. The maximum atomic E-state index is 6.15. The molecule has 0 aliphatic carbocycles. The van der Waals surface area contributed by atoms with E-state index in [9.17, 15) is 0 Å². The van der Waals surface area contributed by atoms with Crippen LogP contribution < -0.4 is 10.5 Å². The zero-order valence-corrected chi connectivity index (χ0v) is 13.4. The number of benzene rings is 1. The Hall–Kier alpha value is -1.10. The fourth-order valence-corrected chi connectivity index (χ4v) is 2.63. The lowest BCUT2D eigenvalue weighted by Crippen LogP contribution is -2.47. The lowest BCUT2D eigenvalue weighted by atomic mass is 10.0. The van der Waals surface area contributed by atoms with Crippen molar-refractivity contribution in [1.82, 2.24) is 4.90 Å². The molecule has 118 valence electrons. The van der Waals surface area contributed by atoms with Gasteiger partial charge in [-0.3, -0.25) is 4.90 Å². The molecule has 0 spiro atoms. The van der Waals surface area contributed by atoms with Crippen LogP contribution in [0.15, 0.2) is 24.3 Å². The van der Waals surface area contributed by atoms with Crippen molar-refractivity contribution in [1.29, 1.82) is 0 Å². The monoisotopic (exact) mass is 292 g/mol. The highest BCUT2D eigenvalue weighted by atomic mass is 16.5. The van der Waals surface area contributed by atoms with E-state index in [2.05, 4.69) is 25.7 Å². The van der Waals surface area contributed by atoms with Crippen molar-refractivity contribution < 1.29 is 9.47 Å². The molecule has 1 aliphatic rings. The van der Waals surface area contributed by atoms with Gasteiger partial charge in [0.25, 0.3) is 0 Å². The van der Waals surface area contributed by atoms with Gasteiger partial charge in [-0.1, -0.05) is 25.1 Å². The summed E-state index contributed by atoms with van der Waals surface area (Å²) in [4.78, 5) is 2.43. The number of nitrogens with two attached hydrogens (primary N) is 1. The second kappa shape index (κ2) is 7.78. The lowest BCUT2D eigenvalue weighted by molar-refractivity contribution is -0.0565. The van der Waals surface area contributed by atoms with Crippen LogP contribution in [0.5, 0.6) is 5.75 Å². The zero-order chi connectivity index (χ0) is 15.2. The second-order valence-corrected chi connectivity index (χ2v) is 5.95. The van der Waals surface area contributed by atoms with E-state index in [0.717, 1.165) is 37.4 Å². The SMILES string of the molecule is CC[C@@H](N)c1ccccc1OCC1CN(C(C)C)CCO1. The van der Waals surface area contributed by atoms with E-state index >= 15 is 0 Å². The van der Waals surface area contributed by atoms with E-state index in [0.29, 0.717) is 12.6 Å². The van der Waals surface area contributed by atoms with Gasteiger partial charge in [0.1, 0.15) is 18.5 Å². The average Bonchev–Trinajstić information content (AvgIpc) is 2.52. The quantitative estimate of drug-likeness (QED) is 0.875. The third-order valence-electron chi connectivity index (χ3n) is 4.08. The van der Waals surface area contributed by atoms with Crippen LogP contribution in [0.4, 0.5) is 0 Å². The highest BCUT2D eigenvalue weighted by molar-refractivity contribution is 5.35. The minimum absolute atomic E-state index is 0.0284. The largest absolute Gasteiger partial charge is 0.490 e. The molecule has 1 fully saturated rings. The van der Waals surface area contributed by atoms with Gasteiger partial charge < -0.3 is 15.2 Å². The smallest absolute Gasteiger partial charge is 0.124 e. The van der Waals surface area contributed by atoms with Crippen LogP contribution in [-0.2, 0) is 4.74 Å². The number of rotatable bonds is 6. The van der Waals surface area contributed by atoms with E-state index < -0.39 is 0 Å². The van der Waals surface area contributed by atoms with E-state index in [1.54, 1.807) is 0 Å². The van der Waals surface area contributed by atoms with Crippen LogP contribution in [-0.4, -0.2) is 43.3 Å². The highest BCUT2D eigenvalue weighted by Crippen LogP contribution is 2.25. The first-order valence-corrected chi connectivity index (χ1v) is 7.94. The van der Waals surface area contributed by atoms with Gasteiger partial charge in [-0.05, 0) is 26.3 Å². The van der Waals surface area contributed by atoms with Crippen LogP contribution in [0, 0.1) is 0 Å². The Morgan fingerprint density at radius 2 is 2.14 bits per heavy atom. The fourth-order valence-electron chi connectivity index (χ4n) is 2.63. The molecule has 2 rings (SSSR count). The van der Waals surface area contributed by atoms with E-state index in [4.69, 9.17) is 15.2 Å².